The first-order chi connectivity index (χ1) is 9.52. The molecule has 1 unspecified atom stereocenters. The van der Waals surface area contributed by atoms with Crippen LogP contribution in [0.4, 0.5) is 11.4 Å². The molecule has 0 saturated carbocycles. The number of rotatable bonds is 4. The van der Waals surface area contributed by atoms with Gasteiger partial charge in [0.15, 0.2) is 0 Å². The van der Waals surface area contributed by atoms with Gasteiger partial charge in [-0.25, -0.2) is 0 Å². The van der Waals surface area contributed by atoms with E-state index in [-0.39, 0.29) is 16.8 Å². The van der Waals surface area contributed by atoms with Crippen molar-refractivity contribution in [2.75, 3.05) is 38.2 Å². The van der Waals surface area contributed by atoms with Crippen LogP contribution < -0.4 is 10.2 Å². The number of likely N-dealkylation sites (N-methyl/N-ethyl adjacent to an activating group) is 1. The molecule has 20 heavy (non-hydrogen) atoms. The molecular weight excluding hydrogens is 282 g/mol. The van der Waals surface area contributed by atoms with Crippen LogP contribution in [0.1, 0.15) is 5.56 Å². The minimum Gasteiger partial charge on any atom is -0.373 e. The predicted octanol–water partition coefficient (Wildman–Crippen LogP) is 1.98. The van der Waals surface area contributed by atoms with Gasteiger partial charge in [0.2, 0.25) is 0 Å². The largest absolute Gasteiger partial charge is 0.373 e. The molecule has 1 N–H and O–H groups in total. The lowest BCUT2D eigenvalue weighted by Gasteiger charge is -2.35. The molecule has 0 bridgehead atoms. The number of nitro benzene ring substituents is 1. The Bertz CT molecular complexity index is 508. The molecule has 6 nitrogen and oxygen atoms in total. The minimum atomic E-state index is -0.456. The summed E-state index contributed by atoms with van der Waals surface area (Å²) >= 11 is 6.00. The molecule has 0 radical (unpaired) electrons. The average Bonchev–Trinajstić information content (AvgIpc) is 2.41. The van der Waals surface area contributed by atoms with Crippen LogP contribution in [0.15, 0.2) is 12.1 Å². The second kappa shape index (κ2) is 6.39. The topological polar surface area (TPSA) is 67.6 Å². The summed E-state index contributed by atoms with van der Waals surface area (Å²) in [4.78, 5) is 12.6. The van der Waals surface area contributed by atoms with Crippen molar-refractivity contribution in [3.63, 3.8) is 0 Å². The van der Waals surface area contributed by atoms with Gasteiger partial charge in [-0.05, 0) is 25.6 Å². The number of halogens is 1. The van der Waals surface area contributed by atoms with Crippen molar-refractivity contribution < 1.29 is 9.66 Å². The first-order valence-electron chi connectivity index (χ1n) is 6.48. The highest BCUT2D eigenvalue weighted by Gasteiger charge is 2.23. The van der Waals surface area contributed by atoms with Crippen molar-refractivity contribution in [3.05, 3.63) is 32.8 Å². The highest BCUT2D eigenvalue weighted by molar-refractivity contribution is 6.33. The monoisotopic (exact) mass is 299 g/mol. The molecule has 1 aromatic carbocycles. The van der Waals surface area contributed by atoms with Crippen molar-refractivity contribution in [3.8, 4) is 0 Å². The number of ether oxygens (including phenoxy) is 1. The number of nitrogens with zero attached hydrogens (tertiary/aromatic N) is 2. The highest BCUT2D eigenvalue weighted by atomic mass is 35.5. The molecule has 1 aliphatic heterocycles. The van der Waals surface area contributed by atoms with Crippen LogP contribution in [0.3, 0.4) is 0 Å². The van der Waals surface area contributed by atoms with Crippen LogP contribution in [-0.4, -0.2) is 44.3 Å². The van der Waals surface area contributed by atoms with Crippen LogP contribution in [0, 0.1) is 17.0 Å². The molecule has 2 rings (SSSR count). The molecule has 7 heteroatoms. The number of anilines is 1. The first kappa shape index (κ1) is 15.0. The van der Waals surface area contributed by atoms with Crippen molar-refractivity contribution in [2.45, 2.75) is 13.0 Å². The Labute approximate surface area is 122 Å². The van der Waals surface area contributed by atoms with Gasteiger partial charge >= 0.3 is 0 Å². The summed E-state index contributed by atoms with van der Waals surface area (Å²) < 4.78 is 5.66. The van der Waals surface area contributed by atoms with Crippen LogP contribution >= 0.6 is 11.6 Å². The fourth-order valence-electron chi connectivity index (χ4n) is 2.43. The summed E-state index contributed by atoms with van der Waals surface area (Å²) in [6.07, 6.45) is 0.113. The Morgan fingerprint density at radius 1 is 1.60 bits per heavy atom. The van der Waals surface area contributed by atoms with Gasteiger partial charge in [-0.1, -0.05) is 11.6 Å². The second-order valence-electron chi connectivity index (χ2n) is 4.84. The Kier molecular flexibility index (Phi) is 4.80. The van der Waals surface area contributed by atoms with Gasteiger partial charge in [0.1, 0.15) is 5.02 Å². The Hall–Kier alpha value is -1.37. The standard InChI is InChI=1S/C13H18ClN3O3/c1-9-5-13(17(18)19)11(14)6-12(9)16-3-4-20-10(8-16)7-15-2/h5-6,10,15H,3-4,7-8H2,1-2H3. The van der Waals surface area contributed by atoms with Gasteiger partial charge in [0.25, 0.3) is 5.69 Å². The first-order valence-corrected chi connectivity index (χ1v) is 6.86. The summed E-state index contributed by atoms with van der Waals surface area (Å²) in [5.41, 5.74) is 1.74. The fourth-order valence-corrected chi connectivity index (χ4v) is 2.65. The van der Waals surface area contributed by atoms with Crippen LogP contribution in [0.25, 0.3) is 0 Å². The summed E-state index contributed by atoms with van der Waals surface area (Å²) in [7, 11) is 1.89. The lowest BCUT2D eigenvalue weighted by molar-refractivity contribution is -0.384. The van der Waals surface area contributed by atoms with Gasteiger partial charge in [-0.15, -0.1) is 0 Å². The molecule has 1 fully saturated rings. The summed E-state index contributed by atoms with van der Waals surface area (Å²) in [5.74, 6) is 0. The van der Waals surface area contributed by atoms with E-state index in [9.17, 15) is 10.1 Å². The summed E-state index contributed by atoms with van der Waals surface area (Å²) in [6.45, 7) is 4.78. The zero-order chi connectivity index (χ0) is 14.7. The highest BCUT2D eigenvalue weighted by Crippen LogP contribution is 2.33. The predicted molar refractivity (Wildman–Crippen MR) is 78.7 cm³/mol. The molecule has 1 aromatic rings. The molecule has 0 amide bonds. The summed E-state index contributed by atoms with van der Waals surface area (Å²) in [6, 6.07) is 3.21. The van der Waals surface area contributed by atoms with E-state index in [4.69, 9.17) is 16.3 Å². The van der Waals surface area contributed by atoms with Gasteiger partial charge in [0, 0.05) is 31.4 Å². The zero-order valence-corrected chi connectivity index (χ0v) is 12.3. The number of nitro groups is 1. The minimum absolute atomic E-state index is 0.0482. The van der Waals surface area contributed by atoms with E-state index in [1.165, 1.54) is 6.07 Å². The lowest BCUT2D eigenvalue weighted by Crippen LogP contribution is -2.46. The Balaban J connectivity index is 2.24. The van der Waals surface area contributed by atoms with Crippen LogP contribution in [0.2, 0.25) is 5.02 Å². The Morgan fingerprint density at radius 2 is 2.35 bits per heavy atom. The Morgan fingerprint density at radius 3 is 3.00 bits per heavy atom. The molecule has 1 aliphatic rings. The number of hydrogen-bond donors (Lipinski definition) is 1. The number of nitrogens with one attached hydrogen (secondary N) is 1. The molecule has 0 aliphatic carbocycles. The molecule has 110 valence electrons. The summed E-state index contributed by atoms with van der Waals surface area (Å²) in [5, 5.41) is 14.1. The van der Waals surface area contributed by atoms with E-state index in [0.29, 0.717) is 6.61 Å². The number of hydrogen-bond acceptors (Lipinski definition) is 5. The maximum absolute atomic E-state index is 10.9. The smallest absolute Gasteiger partial charge is 0.288 e. The van der Waals surface area contributed by atoms with Crippen molar-refractivity contribution in [1.82, 2.24) is 5.32 Å². The fraction of sp³-hybridized carbons (Fsp3) is 0.538. The number of aryl methyl sites for hydroxylation is 1. The maximum atomic E-state index is 10.9. The molecule has 1 saturated heterocycles. The molecule has 1 heterocycles. The van der Waals surface area contributed by atoms with Gasteiger partial charge in [0.05, 0.1) is 17.6 Å². The van der Waals surface area contributed by atoms with Gasteiger partial charge < -0.3 is 15.0 Å². The number of benzene rings is 1. The van der Waals surface area contributed by atoms with Crippen LogP contribution in [-0.2, 0) is 4.74 Å². The quantitative estimate of drug-likeness (QED) is 0.680. The molecule has 1 atom stereocenters. The maximum Gasteiger partial charge on any atom is 0.288 e. The average molecular weight is 300 g/mol. The van der Waals surface area contributed by atoms with Crippen LogP contribution in [0.5, 0.6) is 0 Å². The number of morpholine rings is 1. The van der Waals surface area contributed by atoms with E-state index in [1.807, 2.05) is 14.0 Å². The van der Waals surface area contributed by atoms with E-state index < -0.39 is 4.92 Å². The van der Waals surface area contributed by atoms with Crippen molar-refractivity contribution in [1.29, 1.82) is 0 Å². The van der Waals surface area contributed by atoms with Gasteiger partial charge in [-0.3, -0.25) is 10.1 Å². The van der Waals surface area contributed by atoms with E-state index in [0.717, 1.165) is 30.9 Å². The third-order valence-electron chi connectivity index (χ3n) is 3.37. The zero-order valence-electron chi connectivity index (χ0n) is 11.6. The van der Waals surface area contributed by atoms with Gasteiger partial charge in [-0.2, -0.15) is 0 Å². The lowest BCUT2D eigenvalue weighted by atomic mass is 10.1. The van der Waals surface area contributed by atoms with E-state index in [2.05, 4.69) is 10.2 Å². The third kappa shape index (κ3) is 3.20. The van der Waals surface area contributed by atoms with E-state index in [1.54, 1.807) is 6.07 Å². The molecule has 0 aromatic heterocycles. The van der Waals surface area contributed by atoms with E-state index >= 15 is 0 Å². The molecule has 0 spiro atoms. The second-order valence-corrected chi connectivity index (χ2v) is 5.25. The van der Waals surface area contributed by atoms with Crippen molar-refractivity contribution >= 4 is 23.0 Å². The molecular formula is C13H18ClN3O3. The normalized spacial score (nSPS) is 19.1. The SMILES string of the molecule is CNCC1CN(c2cc(Cl)c([N+](=O)[O-])cc2C)CCO1. The van der Waals surface area contributed by atoms with Crippen molar-refractivity contribution in [2.24, 2.45) is 0 Å². The third-order valence-corrected chi connectivity index (χ3v) is 3.68.